The third kappa shape index (κ3) is 3.88. The number of nitrogens with zero attached hydrogens (tertiary/aromatic N) is 2. The molecule has 0 spiro atoms. The lowest BCUT2D eigenvalue weighted by atomic mass is 10.1. The first-order valence-corrected chi connectivity index (χ1v) is 7.45. The lowest BCUT2D eigenvalue weighted by molar-refractivity contribution is 0.117. The van der Waals surface area contributed by atoms with Crippen LogP contribution >= 0.6 is 23.8 Å². The Morgan fingerprint density at radius 1 is 1.40 bits per heavy atom. The molecule has 1 unspecified atom stereocenters. The number of piperazine rings is 1. The van der Waals surface area contributed by atoms with E-state index in [2.05, 4.69) is 9.80 Å². The molecule has 1 aliphatic rings. The second kappa shape index (κ2) is 6.80. The van der Waals surface area contributed by atoms with E-state index in [1.54, 1.807) is 12.1 Å². The molecule has 1 fully saturated rings. The fourth-order valence-electron chi connectivity index (χ4n) is 2.39. The monoisotopic (exact) mass is 315 g/mol. The van der Waals surface area contributed by atoms with Crippen molar-refractivity contribution in [3.63, 3.8) is 0 Å². The molecule has 1 aromatic carbocycles. The van der Waals surface area contributed by atoms with Crippen LogP contribution in [0.15, 0.2) is 18.2 Å². The minimum absolute atomic E-state index is 0.120. The quantitative estimate of drug-likeness (QED) is 0.864. The maximum atomic E-state index is 13.7. The second-order valence-corrected chi connectivity index (χ2v) is 6.03. The Bertz CT molecular complexity index is 489. The molecule has 1 saturated heterocycles. The summed E-state index contributed by atoms with van der Waals surface area (Å²) in [6.45, 7) is 6.13. The Kier molecular flexibility index (Phi) is 5.32. The van der Waals surface area contributed by atoms with E-state index in [-0.39, 0.29) is 11.9 Å². The van der Waals surface area contributed by atoms with Crippen LogP contribution in [-0.4, -0.2) is 47.0 Å². The highest BCUT2D eigenvalue weighted by Gasteiger charge is 2.22. The maximum Gasteiger partial charge on any atom is 0.127 e. The van der Waals surface area contributed by atoms with Crippen LogP contribution in [0, 0.1) is 5.82 Å². The molecule has 6 heteroatoms. The zero-order valence-electron chi connectivity index (χ0n) is 11.5. The van der Waals surface area contributed by atoms with Gasteiger partial charge in [0.25, 0.3) is 0 Å². The molecule has 1 heterocycles. The fourth-order valence-corrected chi connectivity index (χ4v) is 2.74. The highest BCUT2D eigenvalue weighted by Crippen LogP contribution is 2.18. The zero-order chi connectivity index (χ0) is 14.7. The van der Waals surface area contributed by atoms with Crippen LogP contribution in [0.25, 0.3) is 0 Å². The summed E-state index contributed by atoms with van der Waals surface area (Å²) in [6, 6.07) is 4.81. The number of hydrogen-bond acceptors (Lipinski definition) is 3. The summed E-state index contributed by atoms with van der Waals surface area (Å²) in [5.41, 5.74) is 6.32. The summed E-state index contributed by atoms with van der Waals surface area (Å²) in [5.74, 6) is -0.201. The third-order valence-electron chi connectivity index (χ3n) is 3.77. The van der Waals surface area contributed by atoms with Gasteiger partial charge in [0, 0.05) is 43.3 Å². The standard InChI is InChI=1S/C14H19ClFN3S/c1-10(14(17)20)19-6-4-18(5-7-19)9-11-8-12(15)2-3-13(11)16/h2-3,8,10H,4-7,9H2,1H3,(H2,17,20). The van der Waals surface area contributed by atoms with Gasteiger partial charge in [-0.1, -0.05) is 23.8 Å². The van der Waals surface area contributed by atoms with Crippen LogP contribution in [-0.2, 0) is 6.54 Å². The topological polar surface area (TPSA) is 32.5 Å². The van der Waals surface area contributed by atoms with Gasteiger partial charge in [0.1, 0.15) is 5.82 Å². The minimum Gasteiger partial charge on any atom is -0.392 e. The van der Waals surface area contributed by atoms with E-state index in [0.29, 0.717) is 22.1 Å². The predicted molar refractivity (Wildman–Crippen MR) is 84.5 cm³/mol. The lowest BCUT2D eigenvalue weighted by Crippen LogP contribution is -2.52. The van der Waals surface area contributed by atoms with Crippen LogP contribution in [0.5, 0.6) is 0 Å². The van der Waals surface area contributed by atoms with Crippen molar-refractivity contribution in [2.75, 3.05) is 26.2 Å². The van der Waals surface area contributed by atoms with Gasteiger partial charge < -0.3 is 5.73 Å². The summed E-state index contributed by atoms with van der Waals surface area (Å²) in [7, 11) is 0. The summed E-state index contributed by atoms with van der Waals surface area (Å²) < 4.78 is 13.7. The maximum absolute atomic E-state index is 13.7. The lowest BCUT2D eigenvalue weighted by Gasteiger charge is -2.37. The highest BCUT2D eigenvalue weighted by atomic mass is 35.5. The smallest absolute Gasteiger partial charge is 0.127 e. The Hall–Kier alpha value is -0.750. The number of hydrogen-bond donors (Lipinski definition) is 1. The van der Waals surface area contributed by atoms with E-state index >= 15 is 0 Å². The van der Waals surface area contributed by atoms with Gasteiger partial charge in [-0.05, 0) is 25.1 Å². The molecule has 1 aromatic rings. The zero-order valence-corrected chi connectivity index (χ0v) is 13.1. The fraction of sp³-hybridized carbons (Fsp3) is 0.500. The van der Waals surface area contributed by atoms with Gasteiger partial charge in [0.15, 0.2) is 0 Å². The number of rotatable bonds is 4. The average molecular weight is 316 g/mol. The van der Waals surface area contributed by atoms with E-state index in [1.165, 1.54) is 6.07 Å². The molecule has 1 atom stereocenters. The molecule has 0 aromatic heterocycles. The van der Waals surface area contributed by atoms with Gasteiger partial charge in [0.05, 0.1) is 11.0 Å². The van der Waals surface area contributed by atoms with Crippen molar-refractivity contribution >= 4 is 28.8 Å². The average Bonchev–Trinajstić information content (AvgIpc) is 2.43. The Labute approximate surface area is 129 Å². The second-order valence-electron chi connectivity index (χ2n) is 5.13. The van der Waals surface area contributed by atoms with Gasteiger partial charge in [-0.2, -0.15) is 0 Å². The highest BCUT2D eigenvalue weighted by molar-refractivity contribution is 7.80. The number of benzene rings is 1. The largest absolute Gasteiger partial charge is 0.392 e. The predicted octanol–water partition coefficient (Wildman–Crippen LogP) is 2.27. The normalized spacial score (nSPS) is 18.9. The van der Waals surface area contributed by atoms with Gasteiger partial charge in [0.2, 0.25) is 0 Å². The Morgan fingerprint density at radius 2 is 2.05 bits per heavy atom. The van der Waals surface area contributed by atoms with Crippen molar-refractivity contribution in [2.24, 2.45) is 5.73 Å². The molecule has 2 N–H and O–H groups in total. The van der Waals surface area contributed by atoms with Gasteiger partial charge in [-0.3, -0.25) is 9.80 Å². The van der Waals surface area contributed by atoms with E-state index in [9.17, 15) is 4.39 Å². The van der Waals surface area contributed by atoms with Crippen LogP contribution in [0.1, 0.15) is 12.5 Å². The van der Waals surface area contributed by atoms with Crippen molar-refractivity contribution in [2.45, 2.75) is 19.5 Å². The minimum atomic E-state index is -0.201. The molecule has 110 valence electrons. The van der Waals surface area contributed by atoms with E-state index in [4.69, 9.17) is 29.6 Å². The van der Waals surface area contributed by atoms with Gasteiger partial charge in [-0.25, -0.2) is 4.39 Å². The van der Waals surface area contributed by atoms with Crippen LogP contribution < -0.4 is 5.73 Å². The molecule has 2 rings (SSSR count). The molecule has 0 aliphatic carbocycles. The first-order chi connectivity index (χ1) is 9.47. The van der Waals surface area contributed by atoms with E-state index < -0.39 is 0 Å². The van der Waals surface area contributed by atoms with Crippen LogP contribution in [0.4, 0.5) is 4.39 Å². The van der Waals surface area contributed by atoms with Crippen molar-refractivity contribution in [1.82, 2.24) is 9.80 Å². The van der Waals surface area contributed by atoms with Crippen LogP contribution in [0.3, 0.4) is 0 Å². The van der Waals surface area contributed by atoms with Crippen molar-refractivity contribution < 1.29 is 4.39 Å². The van der Waals surface area contributed by atoms with E-state index in [1.807, 2.05) is 6.92 Å². The van der Waals surface area contributed by atoms with Crippen LogP contribution in [0.2, 0.25) is 5.02 Å². The molecule has 0 saturated carbocycles. The molecular weight excluding hydrogens is 297 g/mol. The van der Waals surface area contributed by atoms with Gasteiger partial charge in [-0.15, -0.1) is 0 Å². The molecule has 0 radical (unpaired) electrons. The van der Waals surface area contributed by atoms with Crippen molar-refractivity contribution in [3.8, 4) is 0 Å². The molecule has 20 heavy (non-hydrogen) atoms. The summed E-state index contributed by atoms with van der Waals surface area (Å²) in [5, 5.41) is 0.571. The number of nitrogens with two attached hydrogens (primary N) is 1. The van der Waals surface area contributed by atoms with Crippen molar-refractivity contribution in [1.29, 1.82) is 0 Å². The summed E-state index contributed by atoms with van der Waals surface area (Å²) in [4.78, 5) is 5.00. The molecule has 3 nitrogen and oxygen atoms in total. The van der Waals surface area contributed by atoms with Crippen molar-refractivity contribution in [3.05, 3.63) is 34.6 Å². The first-order valence-electron chi connectivity index (χ1n) is 6.67. The number of halogens is 2. The molecule has 0 bridgehead atoms. The Balaban J connectivity index is 1.91. The molecule has 1 aliphatic heterocycles. The number of thiocarbonyl (C=S) groups is 1. The SMILES string of the molecule is CC(C(N)=S)N1CCN(Cc2cc(Cl)ccc2F)CC1. The summed E-state index contributed by atoms with van der Waals surface area (Å²) >= 11 is 10.9. The summed E-state index contributed by atoms with van der Waals surface area (Å²) in [6.07, 6.45) is 0. The van der Waals surface area contributed by atoms with Gasteiger partial charge >= 0.3 is 0 Å². The Morgan fingerprint density at radius 3 is 2.65 bits per heavy atom. The third-order valence-corrected chi connectivity index (χ3v) is 4.34. The van der Waals surface area contributed by atoms with E-state index in [0.717, 1.165) is 26.2 Å². The molecule has 0 amide bonds. The first kappa shape index (κ1) is 15.6. The molecular formula is C14H19ClFN3S.